The number of nitrogens with zero attached hydrogens (tertiary/aromatic N) is 2. The molecule has 3 N–H and O–H groups in total. The van der Waals surface area contributed by atoms with E-state index < -0.39 is 0 Å². The van der Waals surface area contributed by atoms with Crippen LogP contribution in [0.1, 0.15) is 50.2 Å². The Morgan fingerprint density at radius 3 is 2.53 bits per heavy atom. The van der Waals surface area contributed by atoms with Crippen LogP contribution in [0.25, 0.3) is 16.7 Å². The van der Waals surface area contributed by atoms with E-state index in [1.807, 2.05) is 60.7 Å². The Morgan fingerprint density at radius 2 is 1.75 bits per heavy atom. The van der Waals surface area contributed by atoms with E-state index in [0.29, 0.717) is 40.4 Å². The van der Waals surface area contributed by atoms with Gasteiger partial charge in [0.05, 0.1) is 22.8 Å². The van der Waals surface area contributed by atoms with Gasteiger partial charge in [0.15, 0.2) is 5.78 Å². The van der Waals surface area contributed by atoms with Crippen molar-refractivity contribution in [1.29, 1.82) is 0 Å². The average molecular weight is 498 g/mol. The summed E-state index contributed by atoms with van der Waals surface area (Å²) in [6, 6.07) is 21.1. The molecule has 36 heavy (non-hydrogen) atoms. The number of aromatic amines is 1. The number of H-pyrrole nitrogens is 1. The molecule has 0 spiro atoms. The Hall–Kier alpha value is -3.94. The Balaban J connectivity index is 1.22. The lowest BCUT2D eigenvalue weighted by Gasteiger charge is -2.07. The highest BCUT2D eigenvalue weighted by Gasteiger charge is 2.24. The van der Waals surface area contributed by atoms with Crippen LogP contribution in [-0.2, 0) is 13.1 Å². The van der Waals surface area contributed by atoms with Crippen LogP contribution in [0.5, 0.6) is 0 Å². The highest BCUT2D eigenvalue weighted by atomic mass is 35.5. The molecule has 1 saturated carbocycles. The number of hydrogen-bond donors (Lipinski definition) is 3. The quantitative estimate of drug-likeness (QED) is 0.266. The van der Waals surface area contributed by atoms with Crippen LogP contribution < -0.4 is 10.6 Å². The average Bonchev–Trinajstić information content (AvgIpc) is 3.48. The van der Waals surface area contributed by atoms with Gasteiger partial charge in [-0.3, -0.25) is 9.59 Å². The third kappa shape index (κ3) is 4.51. The van der Waals surface area contributed by atoms with E-state index in [0.717, 1.165) is 35.0 Å². The predicted molar refractivity (Wildman–Crippen MR) is 139 cm³/mol. The topological polar surface area (TPSA) is 91.3 Å². The Bertz CT molecular complexity index is 1620. The van der Waals surface area contributed by atoms with Gasteiger partial charge in [-0.1, -0.05) is 41.9 Å². The summed E-state index contributed by atoms with van der Waals surface area (Å²) in [5, 5.41) is 11.6. The van der Waals surface area contributed by atoms with E-state index in [2.05, 4.69) is 20.7 Å². The summed E-state index contributed by atoms with van der Waals surface area (Å²) in [5.41, 5.74) is 5.95. The molecule has 1 aliphatic carbocycles. The molecule has 7 nitrogen and oxygen atoms in total. The fourth-order valence-electron chi connectivity index (χ4n) is 4.37. The predicted octanol–water partition coefficient (Wildman–Crippen LogP) is 4.88. The maximum absolute atomic E-state index is 13.4. The molecule has 1 fully saturated rings. The number of amides is 1. The van der Waals surface area contributed by atoms with Crippen LogP contribution in [0.15, 0.2) is 72.9 Å². The van der Waals surface area contributed by atoms with E-state index in [1.165, 1.54) is 0 Å². The molecule has 2 heterocycles. The first-order valence-corrected chi connectivity index (χ1v) is 12.3. The van der Waals surface area contributed by atoms with Crippen molar-refractivity contribution in [2.75, 3.05) is 0 Å². The Morgan fingerprint density at radius 1 is 0.972 bits per heavy atom. The zero-order valence-corrected chi connectivity index (χ0v) is 20.2. The lowest BCUT2D eigenvalue weighted by atomic mass is 10.0. The Labute approximate surface area is 212 Å². The second-order valence-corrected chi connectivity index (χ2v) is 9.62. The molecule has 0 atom stereocenters. The van der Waals surface area contributed by atoms with Gasteiger partial charge in [0.2, 0.25) is 0 Å². The minimum absolute atomic E-state index is 0.0852. The van der Waals surface area contributed by atoms with Gasteiger partial charge in [0.25, 0.3) is 5.91 Å². The van der Waals surface area contributed by atoms with Crippen LogP contribution in [0, 0.1) is 0 Å². The van der Waals surface area contributed by atoms with Gasteiger partial charge in [0.1, 0.15) is 5.65 Å². The smallest absolute Gasteiger partial charge is 0.251 e. The third-order valence-corrected chi connectivity index (χ3v) is 6.64. The van der Waals surface area contributed by atoms with Crippen molar-refractivity contribution in [1.82, 2.24) is 25.2 Å². The van der Waals surface area contributed by atoms with Crippen LogP contribution in [0.2, 0.25) is 5.02 Å². The van der Waals surface area contributed by atoms with Gasteiger partial charge >= 0.3 is 0 Å². The molecule has 1 aliphatic rings. The highest BCUT2D eigenvalue weighted by molar-refractivity contribution is 6.30. The molecule has 0 bridgehead atoms. The summed E-state index contributed by atoms with van der Waals surface area (Å²) < 4.78 is 1.69. The standard InChI is InChI=1S/C28H24ClN5O2/c29-21-6-2-4-18(12-21)15-30-14-17-3-1-5-19(11-17)26(35)23-16-31-34-25-13-20(28(36)32-22-8-9-22)7-10-24(25)33-27(23)34/h1-7,10-13,16,22,30,33H,8-9,14-15H2,(H,32,36). The third-order valence-electron chi connectivity index (χ3n) is 6.40. The SMILES string of the molecule is O=C(NC1CC1)c1ccc2[nH]c3c(C(=O)c4cccc(CNCc5cccc(Cl)c5)c4)cnn3c2c1. The molecule has 180 valence electrons. The molecular weight excluding hydrogens is 474 g/mol. The number of fused-ring (bicyclic) bond motifs is 3. The number of halogens is 1. The van der Waals surface area contributed by atoms with Crippen molar-refractivity contribution in [2.45, 2.75) is 32.0 Å². The minimum atomic E-state index is -0.111. The van der Waals surface area contributed by atoms with Gasteiger partial charge in [-0.25, -0.2) is 4.52 Å². The number of rotatable bonds is 8. The zero-order valence-electron chi connectivity index (χ0n) is 19.4. The molecule has 8 heteroatoms. The second kappa shape index (κ2) is 9.26. The fourth-order valence-corrected chi connectivity index (χ4v) is 4.58. The lowest BCUT2D eigenvalue weighted by Crippen LogP contribution is -2.25. The maximum atomic E-state index is 13.4. The first kappa shape index (κ1) is 22.5. The van der Waals surface area contributed by atoms with Gasteiger partial charge in [-0.05, 0) is 60.4 Å². The summed E-state index contributed by atoms with van der Waals surface area (Å²) in [4.78, 5) is 29.2. The molecule has 2 aromatic heterocycles. The molecule has 5 aromatic rings. The number of benzene rings is 3. The van der Waals surface area contributed by atoms with Crippen molar-refractivity contribution in [2.24, 2.45) is 0 Å². The Kier molecular flexibility index (Phi) is 5.79. The molecule has 0 aliphatic heterocycles. The zero-order chi connectivity index (χ0) is 24.6. The van der Waals surface area contributed by atoms with Crippen molar-refractivity contribution >= 4 is 40.0 Å². The number of carbonyl (C=O) groups excluding carboxylic acids is 2. The van der Waals surface area contributed by atoms with E-state index in [1.54, 1.807) is 16.8 Å². The van der Waals surface area contributed by atoms with Crippen LogP contribution in [0.3, 0.4) is 0 Å². The van der Waals surface area contributed by atoms with Crippen LogP contribution >= 0.6 is 11.6 Å². The summed E-state index contributed by atoms with van der Waals surface area (Å²) >= 11 is 6.06. The minimum Gasteiger partial charge on any atom is -0.349 e. The van der Waals surface area contributed by atoms with Gasteiger partial charge < -0.3 is 15.6 Å². The molecule has 0 radical (unpaired) electrons. The second-order valence-electron chi connectivity index (χ2n) is 9.19. The lowest BCUT2D eigenvalue weighted by molar-refractivity contribution is 0.0950. The first-order chi connectivity index (χ1) is 17.5. The fraction of sp³-hybridized carbons (Fsp3) is 0.179. The summed E-state index contributed by atoms with van der Waals surface area (Å²) in [5.74, 6) is -0.196. The van der Waals surface area contributed by atoms with Crippen molar-refractivity contribution in [3.05, 3.63) is 106 Å². The van der Waals surface area contributed by atoms with Crippen molar-refractivity contribution in [3.63, 3.8) is 0 Å². The van der Waals surface area contributed by atoms with Crippen molar-refractivity contribution in [3.8, 4) is 0 Å². The van der Waals surface area contributed by atoms with Crippen molar-refractivity contribution < 1.29 is 9.59 Å². The molecule has 0 saturated heterocycles. The molecule has 6 rings (SSSR count). The van der Waals surface area contributed by atoms with E-state index >= 15 is 0 Å². The molecule has 1 amide bonds. The van der Waals surface area contributed by atoms with Gasteiger partial charge in [-0.15, -0.1) is 0 Å². The van der Waals surface area contributed by atoms with E-state index in [-0.39, 0.29) is 17.7 Å². The highest BCUT2D eigenvalue weighted by Crippen LogP contribution is 2.24. The number of nitrogens with one attached hydrogen (secondary N) is 3. The van der Waals surface area contributed by atoms with Gasteiger partial charge in [-0.2, -0.15) is 5.10 Å². The molecule has 0 unspecified atom stereocenters. The maximum Gasteiger partial charge on any atom is 0.251 e. The summed E-state index contributed by atoms with van der Waals surface area (Å²) in [6.07, 6.45) is 3.65. The van der Waals surface area contributed by atoms with E-state index in [9.17, 15) is 9.59 Å². The molecular formula is C28H24ClN5O2. The number of aromatic nitrogens is 3. The number of hydrogen-bond acceptors (Lipinski definition) is 4. The summed E-state index contributed by atoms with van der Waals surface area (Å²) in [6.45, 7) is 1.30. The summed E-state index contributed by atoms with van der Waals surface area (Å²) in [7, 11) is 0. The first-order valence-electron chi connectivity index (χ1n) is 11.9. The van der Waals surface area contributed by atoms with Gasteiger partial charge in [0, 0.05) is 35.3 Å². The number of carbonyl (C=O) groups is 2. The number of imidazole rings is 1. The van der Waals surface area contributed by atoms with E-state index in [4.69, 9.17) is 11.6 Å². The largest absolute Gasteiger partial charge is 0.349 e. The number of ketones is 1. The van der Waals surface area contributed by atoms with Crippen LogP contribution in [0.4, 0.5) is 0 Å². The van der Waals surface area contributed by atoms with Crippen LogP contribution in [-0.4, -0.2) is 32.3 Å². The monoisotopic (exact) mass is 497 g/mol. The molecule has 3 aromatic carbocycles. The normalized spacial score (nSPS) is 13.4.